The lowest BCUT2D eigenvalue weighted by Crippen LogP contribution is -2.46. The second-order valence-corrected chi connectivity index (χ2v) is 8.64. The molecule has 3 aromatic rings. The van der Waals surface area contributed by atoms with Crippen molar-refractivity contribution < 1.29 is 13.9 Å². The van der Waals surface area contributed by atoms with Crippen molar-refractivity contribution in [1.29, 1.82) is 0 Å². The Hall–Kier alpha value is -4.03. The molecule has 1 amide bonds. The molecule has 4 rings (SSSR count). The molecular weight excluding hydrogens is 459 g/mol. The van der Waals surface area contributed by atoms with Crippen molar-refractivity contribution in [2.24, 2.45) is 0 Å². The molecule has 0 radical (unpaired) electrons. The van der Waals surface area contributed by atoms with Gasteiger partial charge in [0.15, 0.2) is 0 Å². The highest BCUT2D eigenvalue weighted by Crippen LogP contribution is 2.26. The molecule has 1 fully saturated rings. The van der Waals surface area contributed by atoms with Crippen LogP contribution in [0.3, 0.4) is 0 Å². The van der Waals surface area contributed by atoms with Gasteiger partial charge >= 0.3 is 0 Å². The number of rotatable bonds is 7. The molecule has 1 aliphatic rings. The zero-order valence-electron chi connectivity index (χ0n) is 20.8. The largest absolute Gasteiger partial charge is 0.495 e. The van der Waals surface area contributed by atoms with Crippen LogP contribution in [0.25, 0.3) is 11.6 Å². The average Bonchev–Trinajstić information content (AvgIpc) is 3.26. The van der Waals surface area contributed by atoms with E-state index in [1.807, 2.05) is 30.1 Å². The number of aromatic nitrogens is 2. The lowest BCUT2D eigenvalue weighted by Gasteiger charge is -2.33. The maximum absolute atomic E-state index is 14.6. The molecule has 0 unspecified atom stereocenters. The molecule has 0 bridgehead atoms. The number of hydrogen-bond acceptors (Lipinski definition) is 6. The number of anilines is 2. The number of halogens is 1. The molecule has 0 saturated carbocycles. The van der Waals surface area contributed by atoms with Crippen molar-refractivity contribution in [3.05, 3.63) is 59.8 Å². The second-order valence-electron chi connectivity index (χ2n) is 8.64. The van der Waals surface area contributed by atoms with Gasteiger partial charge in [-0.25, -0.2) is 8.91 Å². The van der Waals surface area contributed by atoms with Crippen molar-refractivity contribution in [3.63, 3.8) is 0 Å². The monoisotopic (exact) mass is 490 g/mol. The number of nitrogens with one attached hydrogen (secondary N) is 3. The minimum atomic E-state index is -0.957. The Morgan fingerprint density at radius 3 is 2.92 bits per heavy atom. The fourth-order valence-corrected chi connectivity index (χ4v) is 4.29. The van der Waals surface area contributed by atoms with Crippen molar-refractivity contribution >= 4 is 29.0 Å². The zero-order valence-corrected chi connectivity index (χ0v) is 20.8. The van der Waals surface area contributed by atoms with Gasteiger partial charge in [-0.2, -0.15) is 5.10 Å². The summed E-state index contributed by atoms with van der Waals surface area (Å²) in [4.78, 5) is 13.9. The van der Waals surface area contributed by atoms with Gasteiger partial charge in [-0.3, -0.25) is 4.79 Å². The third kappa shape index (κ3) is 5.29. The predicted molar refractivity (Wildman–Crippen MR) is 141 cm³/mol. The van der Waals surface area contributed by atoms with E-state index in [4.69, 9.17) is 4.74 Å². The summed E-state index contributed by atoms with van der Waals surface area (Å²) in [6, 6.07) is 10.7. The van der Waals surface area contributed by atoms with Gasteiger partial charge in [0.05, 0.1) is 30.9 Å². The van der Waals surface area contributed by atoms with Gasteiger partial charge < -0.3 is 25.6 Å². The molecule has 188 valence electrons. The van der Waals surface area contributed by atoms with Gasteiger partial charge in [-0.05, 0) is 49.7 Å². The fraction of sp³-hybridized carbons (Fsp3) is 0.333. The molecule has 2 aromatic heterocycles. The highest BCUT2D eigenvalue weighted by Gasteiger charge is 2.28. The summed E-state index contributed by atoms with van der Waals surface area (Å²) in [6.45, 7) is 5.53. The molecular formula is C27H31FN6O2. The SMILES string of the molecule is C=Cc1c(C#CCNc2ccc(C(=O)NC)cc2OC)nn2c(N[C@@H]3CCN(C)C[C@@H]3F)cccc12. The maximum atomic E-state index is 14.6. The Morgan fingerprint density at radius 1 is 1.36 bits per heavy atom. The summed E-state index contributed by atoms with van der Waals surface area (Å²) < 4.78 is 21.8. The maximum Gasteiger partial charge on any atom is 0.251 e. The van der Waals surface area contributed by atoms with Gasteiger partial charge in [0.2, 0.25) is 0 Å². The average molecular weight is 491 g/mol. The van der Waals surface area contributed by atoms with Gasteiger partial charge in [0.25, 0.3) is 5.91 Å². The number of piperidine rings is 1. The van der Waals surface area contributed by atoms with Gasteiger partial charge in [-0.15, -0.1) is 0 Å². The van der Waals surface area contributed by atoms with Crippen LogP contribution < -0.4 is 20.7 Å². The van der Waals surface area contributed by atoms with Crippen LogP contribution in [0.4, 0.5) is 15.9 Å². The molecule has 0 aliphatic carbocycles. The summed E-state index contributed by atoms with van der Waals surface area (Å²) in [5, 5.41) is 13.8. The Labute approximate surface area is 210 Å². The van der Waals surface area contributed by atoms with Crippen LogP contribution in [0.15, 0.2) is 43.0 Å². The number of ether oxygens (including phenoxy) is 1. The Kier molecular flexibility index (Phi) is 7.76. The van der Waals surface area contributed by atoms with E-state index in [-0.39, 0.29) is 11.9 Å². The number of amides is 1. The Morgan fingerprint density at radius 2 is 2.19 bits per heavy atom. The highest BCUT2D eigenvalue weighted by atomic mass is 19.1. The Balaban J connectivity index is 1.52. The van der Waals surface area contributed by atoms with Crippen LogP contribution in [0.2, 0.25) is 0 Å². The summed E-state index contributed by atoms with van der Waals surface area (Å²) in [5.41, 5.74) is 3.49. The van der Waals surface area contributed by atoms with Gasteiger partial charge in [0.1, 0.15) is 23.4 Å². The number of alkyl halides is 1. The van der Waals surface area contributed by atoms with E-state index in [2.05, 4.69) is 39.5 Å². The van der Waals surface area contributed by atoms with E-state index in [1.54, 1.807) is 42.9 Å². The molecule has 9 heteroatoms. The molecule has 1 aromatic carbocycles. The van der Waals surface area contributed by atoms with Crippen LogP contribution in [0, 0.1) is 11.8 Å². The highest BCUT2D eigenvalue weighted by molar-refractivity contribution is 5.95. The minimum absolute atomic E-state index is 0.185. The van der Waals surface area contributed by atoms with Crippen molar-refractivity contribution in [1.82, 2.24) is 19.8 Å². The third-order valence-electron chi connectivity index (χ3n) is 6.24. The number of carbonyl (C=O) groups is 1. The molecule has 1 aliphatic heterocycles. The standard InChI is InChI=1S/C27H31FN6O2/c1-5-19-21(8-7-14-30-23-12-11-18(27(35)29-2)16-25(23)36-4)32-34-24(19)9-6-10-26(34)31-22-13-15-33(3)17-20(22)28/h5-6,9-12,16,20,22,30-31H,1,13-15,17H2,2-4H3,(H,29,35)/t20-,22+/m0/s1. The molecule has 8 nitrogen and oxygen atoms in total. The number of hydrogen-bond donors (Lipinski definition) is 3. The number of nitrogens with zero attached hydrogens (tertiary/aromatic N) is 3. The molecule has 2 atom stereocenters. The summed E-state index contributed by atoms with van der Waals surface area (Å²) in [7, 11) is 5.07. The van der Waals surface area contributed by atoms with Crippen molar-refractivity contribution in [3.8, 4) is 17.6 Å². The first-order chi connectivity index (χ1) is 17.4. The first-order valence-electron chi connectivity index (χ1n) is 11.8. The van der Waals surface area contributed by atoms with E-state index in [0.29, 0.717) is 30.1 Å². The van der Waals surface area contributed by atoms with E-state index in [0.717, 1.165) is 35.6 Å². The van der Waals surface area contributed by atoms with Crippen molar-refractivity contribution in [2.75, 3.05) is 51.5 Å². The lowest BCUT2D eigenvalue weighted by atomic mass is 10.0. The minimum Gasteiger partial charge on any atom is -0.495 e. The molecule has 3 N–H and O–H groups in total. The van der Waals surface area contributed by atoms with E-state index >= 15 is 0 Å². The quantitative estimate of drug-likeness (QED) is 0.441. The number of pyridine rings is 1. The number of likely N-dealkylation sites (tertiary alicyclic amines) is 1. The van der Waals surface area contributed by atoms with Crippen LogP contribution >= 0.6 is 0 Å². The number of fused-ring (bicyclic) bond motifs is 1. The smallest absolute Gasteiger partial charge is 0.251 e. The van der Waals surface area contributed by atoms with Crippen LogP contribution in [-0.2, 0) is 0 Å². The van der Waals surface area contributed by atoms with Crippen LogP contribution in [-0.4, -0.2) is 73.5 Å². The number of carbonyl (C=O) groups excluding carboxylic acids is 1. The third-order valence-corrected chi connectivity index (χ3v) is 6.24. The predicted octanol–water partition coefficient (Wildman–Crippen LogP) is 3.26. The molecule has 3 heterocycles. The summed E-state index contributed by atoms with van der Waals surface area (Å²) >= 11 is 0. The van der Waals surface area contributed by atoms with Crippen LogP contribution in [0.1, 0.15) is 28.0 Å². The first-order valence-corrected chi connectivity index (χ1v) is 11.8. The normalized spacial score (nSPS) is 17.7. The number of benzene rings is 1. The molecule has 0 spiro atoms. The fourth-order valence-electron chi connectivity index (χ4n) is 4.29. The number of methoxy groups -OCH3 is 1. The molecule has 1 saturated heterocycles. The second kappa shape index (κ2) is 11.1. The van der Waals surface area contributed by atoms with E-state index in [9.17, 15) is 9.18 Å². The van der Waals surface area contributed by atoms with E-state index in [1.165, 1.54) is 0 Å². The summed E-state index contributed by atoms with van der Waals surface area (Å²) in [5.74, 6) is 7.30. The topological polar surface area (TPSA) is 82.9 Å². The molecule has 36 heavy (non-hydrogen) atoms. The summed E-state index contributed by atoms with van der Waals surface area (Å²) in [6.07, 6.45) is 1.49. The van der Waals surface area contributed by atoms with E-state index < -0.39 is 6.17 Å². The lowest BCUT2D eigenvalue weighted by molar-refractivity contribution is 0.0962. The van der Waals surface area contributed by atoms with Crippen molar-refractivity contribution in [2.45, 2.75) is 18.6 Å². The van der Waals surface area contributed by atoms with Gasteiger partial charge in [-0.1, -0.05) is 24.6 Å². The van der Waals surface area contributed by atoms with Crippen LogP contribution in [0.5, 0.6) is 5.75 Å². The zero-order chi connectivity index (χ0) is 25.7. The first kappa shape index (κ1) is 25.1. The Bertz CT molecular complexity index is 1330. The van der Waals surface area contributed by atoms with Gasteiger partial charge in [0, 0.05) is 31.3 Å².